The number of aliphatic hydroxyl groups is 2. The molecule has 118 valence electrons. The molecule has 0 spiro atoms. The number of benzene rings is 1. The van der Waals surface area contributed by atoms with E-state index in [9.17, 15) is 15.0 Å². The van der Waals surface area contributed by atoms with Crippen molar-refractivity contribution in [2.75, 3.05) is 13.1 Å². The third-order valence-electron chi connectivity index (χ3n) is 3.25. The summed E-state index contributed by atoms with van der Waals surface area (Å²) in [6.07, 6.45) is -0.170. The van der Waals surface area contributed by atoms with Crippen molar-refractivity contribution in [2.45, 2.75) is 44.5 Å². The van der Waals surface area contributed by atoms with Gasteiger partial charge in [-0.2, -0.15) is 0 Å². The fourth-order valence-electron chi connectivity index (χ4n) is 2.06. The molecule has 0 radical (unpaired) electrons. The minimum Gasteiger partial charge on any atom is -0.462 e. The van der Waals surface area contributed by atoms with Gasteiger partial charge in [0.25, 0.3) is 6.47 Å². The molecule has 1 aliphatic rings. The van der Waals surface area contributed by atoms with Crippen LogP contribution >= 0.6 is 0 Å². The molecule has 0 aromatic heterocycles. The standard InChI is InChI=1S/C11H15NO2.C5H10O2/c13-10-8-12-7-6-11(10,14)9-4-2-1-3-5-9;1-5(2,3)7-4-6/h1-5,10,12-14H,6-8H2;4H,1-3H3/t10-,11-;/m1./s1. The van der Waals surface area contributed by atoms with Gasteiger partial charge >= 0.3 is 0 Å². The number of carbonyl (C=O) groups is 1. The normalized spacial score (nSPS) is 25.5. The summed E-state index contributed by atoms with van der Waals surface area (Å²) < 4.78 is 4.55. The highest BCUT2D eigenvalue weighted by molar-refractivity contribution is 5.37. The zero-order valence-electron chi connectivity index (χ0n) is 12.9. The Morgan fingerprint density at radius 2 is 1.95 bits per heavy atom. The summed E-state index contributed by atoms with van der Waals surface area (Å²) in [6.45, 7) is 7.11. The van der Waals surface area contributed by atoms with Gasteiger partial charge in [0, 0.05) is 6.54 Å². The van der Waals surface area contributed by atoms with Crippen LogP contribution in [0.5, 0.6) is 0 Å². The van der Waals surface area contributed by atoms with Gasteiger partial charge in [-0.3, -0.25) is 4.79 Å². The molecule has 1 aromatic carbocycles. The van der Waals surface area contributed by atoms with E-state index in [2.05, 4.69) is 10.1 Å². The van der Waals surface area contributed by atoms with Crippen LogP contribution in [-0.2, 0) is 15.1 Å². The van der Waals surface area contributed by atoms with Crippen LogP contribution in [0.2, 0.25) is 0 Å². The van der Waals surface area contributed by atoms with Crippen LogP contribution in [0.1, 0.15) is 32.8 Å². The van der Waals surface area contributed by atoms with Gasteiger partial charge in [-0.15, -0.1) is 0 Å². The van der Waals surface area contributed by atoms with E-state index < -0.39 is 11.7 Å². The van der Waals surface area contributed by atoms with Crippen LogP contribution in [0.15, 0.2) is 30.3 Å². The van der Waals surface area contributed by atoms with E-state index >= 15 is 0 Å². The molecule has 1 heterocycles. The lowest BCUT2D eigenvalue weighted by molar-refractivity contribution is -0.138. The van der Waals surface area contributed by atoms with E-state index in [1.165, 1.54) is 0 Å². The number of ether oxygens (including phenoxy) is 1. The first-order chi connectivity index (χ1) is 9.79. The summed E-state index contributed by atoms with van der Waals surface area (Å²) in [6, 6.07) is 9.37. The molecule has 2 atom stereocenters. The Balaban J connectivity index is 0.000000270. The first-order valence-electron chi connectivity index (χ1n) is 7.08. The minimum absolute atomic E-state index is 0.318. The van der Waals surface area contributed by atoms with Gasteiger partial charge < -0.3 is 20.3 Å². The molecule has 0 aliphatic carbocycles. The highest BCUT2D eigenvalue weighted by Crippen LogP contribution is 2.30. The monoisotopic (exact) mass is 295 g/mol. The summed E-state index contributed by atoms with van der Waals surface area (Å²) in [5.41, 5.74) is -0.595. The van der Waals surface area contributed by atoms with Gasteiger partial charge in [0.15, 0.2) is 0 Å². The molecule has 3 N–H and O–H groups in total. The van der Waals surface area contributed by atoms with Crippen molar-refractivity contribution in [3.05, 3.63) is 35.9 Å². The SMILES string of the molecule is CC(C)(C)OC=O.O[C@@H]1CNCC[C@@]1(O)c1ccccc1. The van der Waals surface area contributed by atoms with Gasteiger partial charge in [-0.05, 0) is 39.3 Å². The summed E-state index contributed by atoms with van der Waals surface area (Å²) in [5.74, 6) is 0. The lowest BCUT2D eigenvalue weighted by atomic mass is 9.83. The van der Waals surface area contributed by atoms with Crippen LogP contribution in [0, 0.1) is 0 Å². The molecule has 1 aliphatic heterocycles. The van der Waals surface area contributed by atoms with Crippen LogP contribution in [0.3, 0.4) is 0 Å². The molecule has 1 fully saturated rings. The average molecular weight is 295 g/mol. The second-order valence-corrected chi connectivity index (χ2v) is 6.09. The fraction of sp³-hybridized carbons (Fsp3) is 0.562. The van der Waals surface area contributed by atoms with E-state index in [0.717, 1.165) is 12.1 Å². The Bertz CT molecular complexity index is 430. The van der Waals surface area contributed by atoms with Gasteiger partial charge in [-0.25, -0.2) is 0 Å². The van der Waals surface area contributed by atoms with Crippen LogP contribution in [0.25, 0.3) is 0 Å². The van der Waals surface area contributed by atoms with Crippen molar-refractivity contribution >= 4 is 6.47 Å². The van der Waals surface area contributed by atoms with Crippen molar-refractivity contribution in [2.24, 2.45) is 0 Å². The number of nitrogens with one attached hydrogen (secondary N) is 1. The Morgan fingerprint density at radius 3 is 2.38 bits per heavy atom. The van der Waals surface area contributed by atoms with Gasteiger partial charge in [0.2, 0.25) is 0 Å². The topological polar surface area (TPSA) is 78.8 Å². The maximum atomic E-state index is 10.3. The molecule has 0 bridgehead atoms. The third-order valence-corrected chi connectivity index (χ3v) is 3.25. The lowest BCUT2D eigenvalue weighted by Crippen LogP contribution is -2.51. The van der Waals surface area contributed by atoms with E-state index in [4.69, 9.17) is 0 Å². The molecule has 21 heavy (non-hydrogen) atoms. The number of hydrogen-bond donors (Lipinski definition) is 3. The predicted molar refractivity (Wildman–Crippen MR) is 80.7 cm³/mol. The van der Waals surface area contributed by atoms with E-state index in [0.29, 0.717) is 19.4 Å². The Morgan fingerprint density at radius 1 is 1.33 bits per heavy atom. The molecule has 1 aromatic rings. The summed E-state index contributed by atoms with van der Waals surface area (Å²) >= 11 is 0. The van der Waals surface area contributed by atoms with Gasteiger partial charge in [0.05, 0.1) is 6.10 Å². The van der Waals surface area contributed by atoms with E-state index in [1.807, 2.05) is 51.1 Å². The molecule has 0 unspecified atom stereocenters. The fourth-order valence-corrected chi connectivity index (χ4v) is 2.06. The molecule has 0 amide bonds. The smallest absolute Gasteiger partial charge is 0.293 e. The van der Waals surface area contributed by atoms with E-state index in [1.54, 1.807) is 0 Å². The molecule has 1 saturated heterocycles. The number of rotatable bonds is 2. The zero-order valence-corrected chi connectivity index (χ0v) is 12.9. The van der Waals surface area contributed by atoms with Crippen molar-refractivity contribution in [3.63, 3.8) is 0 Å². The van der Waals surface area contributed by atoms with Crippen LogP contribution in [0.4, 0.5) is 0 Å². The molecule has 5 heteroatoms. The second-order valence-electron chi connectivity index (χ2n) is 6.09. The zero-order chi connectivity index (χ0) is 15.9. The number of carbonyl (C=O) groups excluding carboxylic acids is 1. The Hall–Kier alpha value is -1.43. The number of aliphatic hydroxyl groups excluding tert-OH is 1. The number of hydrogen-bond acceptors (Lipinski definition) is 5. The molecular formula is C16H25NO4. The first kappa shape index (κ1) is 17.6. The minimum atomic E-state index is -1.08. The first-order valence-corrected chi connectivity index (χ1v) is 7.08. The predicted octanol–water partition coefficient (Wildman–Crippen LogP) is 1.19. The van der Waals surface area contributed by atoms with Crippen LogP contribution in [-0.4, -0.2) is 41.5 Å². The lowest BCUT2D eigenvalue weighted by Gasteiger charge is -2.37. The Labute approximate surface area is 125 Å². The summed E-state index contributed by atoms with van der Waals surface area (Å²) in [5, 5.41) is 23.1. The van der Waals surface area contributed by atoms with E-state index in [-0.39, 0.29) is 5.60 Å². The highest BCUT2D eigenvalue weighted by Gasteiger charge is 2.39. The van der Waals surface area contributed by atoms with Gasteiger partial charge in [0.1, 0.15) is 11.2 Å². The van der Waals surface area contributed by atoms with Gasteiger partial charge in [-0.1, -0.05) is 30.3 Å². The van der Waals surface area contributed by atoms with Crippen molar-refractivity contribution in [1.29, 1.82) is 0 Å². The van der Waals surface area contributed by atoms with Crippen LogP contribution < -0.4 is 5.32 Å². The molecule has 0 saturated carbocycles. The maximum Gasteiger partial charge on any atom is 0.293 e. The third kappa shape index (κ3) is 5.46. The largest absolute Gasteiger partial charge is 0.462 e. The maximum absolute atomic E-state index is 10.3. The number of piperidine rings is 1. The molecule has 5 nitrogen and oxygen atoms in total. The summed E-state index contributed by atoms with van der Waals surface area (Å²) in [4.78, 5) is 9.60. The summed E-state index contributed by atoms with van der Waals surface area (Å²) in [7, 11) is 0. The number of β-amino-alcohol motifs (C(OH)–C–C–N with tert-alkyl or cyclic N) is 1. The van der Waals surface area contributed by atoms with Crippen molar-refractivity contribution in [1.82, 2.24) is 5.32 Å². The molecular weight excluding hydrogens is 270 g/mol. The quantitative estimate of drug-likeness (QED) is 0.714. The molecule has 2 rings (SSSR count). The second kappa shape index (κ2) is 7.54. The van der Waals surface area contributed by atoms with Crippen molar-refractivity contribution in [3.8, 4) is 0 Å². The highest BCUT2D eigenvalue weighted by atomic mass is 16.5. The Kier molecular flexibility index (Phi) is 6.33. The van der Waals surface area contributed by atoms with Crippen molar-refractivity contribution < 1.29 is 19.7 Å². The average Bonchev–Trinajstić information content (AvgIpc) is 2.43.